The third kappa shape index (κ3) is 4.52. The molecule has 2 aromatic carbocycles. The van der Waals surface area contributed by atoms with Gasteiger partial charge in [0.1, 0.15) is 12.4 Å². The number of nitrogens with one attached hydrogen (secondary N) is 3. The van der Waals surface area contributed by atoms with Crippen LogP contribution >= 0.6 is 23.8 Å². The number of thiocarbonyl (C=S) groups is 1. The molecule has 0 aromatic heterocycles. The molecule has 2 aromatic rings. The third-order valence-electron chi connectivity index (χ3n) is 4.18. The van der Waals surface area contributed by atoms with Gasteiger partial charge in [-0.05, 0) is 43.4 Å². The number of benzene rings is 2. The van der Waals surface area contributed by atoms with E-state index in [4.69, 9.17) is 28.6 Å². The summed E-state index contributed by atoms with van der Waals surface area (Å²) in [4.78, 5) is 13.1. The van der Waals surface area contributed by atoms with Crippen molar-refractivity contribution in [1.82, 2.24) is 10.6 Å². The molecule has 0 aliphatic carbocycles. The van der Waals surface area contributed by atoms with Crippen LogP contribution < -0.4 is 20.7 Å². The molecule has 0 radical (unpaired) electrons. The van der Waals surface area contributed by atoms with Crippen LogP contribution in [0.3, 0.4) is 0 Å². The zero-order chi connectivity index (χ0) is 20.1. The minimum atomic E-state index is -0.464. The second kappa shape index (κ2) is 8.91. The Kier molecular flexibility index (Phi) is 6.34. The molecule has 1 heterocycles. The van der Waals surface area contributed by atoms with Crippen molar-refractivity contribution in [3.8, 4) is 5.75 Å². The number of ether oxygens (including phenoxy) is 1. The van der Waals surface area contributed by atoms with Crippen LogP contribution in [0.1, 0.15) is 18.5 Å². The van der Waals surface area contributed by atoms with Gasteiger partial charge in [0.05, 0.1) is 11.6 Å². The van der Waals surface area contributed by atoms with Crippen molar-refractivity contribution in [1.29, 1.82) is 0 Å². The molecule has 7 heteroatoms. The smallest absolute Gasteiger partial charge is 0.255 e. The molecular weight excluding hydrogens is 394 g/mol. The van der Waals surface area contributed by atoms with Gasteiger partial charge in [-0.1, -0.05) is 48.5 Å². The van der Waals surface area contributed by atoms with Crippen molar-refractivity contribution in [3.63, 3.8) is 0 Å². The molecule has 1 aliphatic heterocycles. The second-order valence-electron chi connectivity index (χ2n) is 6.17. The van der Waals surface area contributed by atoms with Gasteiger partial charge < -0.3 is 20.7 Å². The molecule has 28 heavy (non-hydrogen) atoms. The lowest BCUT2D eigenvalue weighted by atomic mass is 9.94. The number of para-hydroxylation sites is 1. The first kappa shape index (κ1) is 19.9. The Morgan fingerprint density at radius 2 is 2.11 bits per heavy atom. The molecule has 144 valence electrons. The van der Waals surface area contributed by atoms with E-state index < -0.39 is 6.04 Å². The zero-order valence-electron chi connectivity index (χ0n) is 15.3. The summed E-state index contributed by atoms with van der Waals surface area (Å²) in [6, 6.07) is 14.1. The molecule has 3 rings (SSSR count). The highest BCUT2D eigenvalue weighted by molar-refractivity contribution is 7.80. The number of carbonyl (C=O) groups excluding carboxylic acids is 1. The summed E-state index contributed by atoms with van der Waals surface area (Å²) in [6.07, 6.45) is 1.67. The molecule has 3 N–H and O–H groups in total. The predicted octanol–water partition coefficient (Wildman–Crippen LogP) is 4.34. The van der Waals surface area contributed by atoms with Crippen molar-refractivity contribution >= 4 is 40.5 Å². The molecule has 1 atom stereocenters. The number of rotatable bonds is 6. The molecule has 0 unspecified atom stereocenters. The standard InChI is InChI=1S/C21H20ClN3O2S/c1-3-11-27-17-10-5-4-9-16(17)19-18(13(2)23-21(28)25-19)20(26)24-15-8-6-7-14(22)12-15/h3-10,12,19H,1,11H2,2H3,(H,24,26)(H2,23,25,28)/t19-/m1/s1. The maximum atomic E-state index is 13.1. The number of hydrogen-bond acceptors (Lipinski definition) is 3. The van der Waals surface area contributed by atoms with Crippen LogP contribution in [0.15, 0.2) is 72.5 Å². The molecule has 0 fully saturated rings. The van der Waals surface area contributed by atoms with Crippen molar-refractivity contribution in [2.45, 2.75) is 13.0 Å². The van der Waals surface area contributed by atoms with E-state index in [1.54, 1.807) is 30.3 Å². The second-order valence-corrected chi connectivity index (χ2v) is 7.02. The van der Waals surface area contributed by atoms with Gasteiger partial charge >= 0.3 is 0 Å². The van der Waals surface area contributed by atoms with Crippen molar-refractivity contribution in [2.24, 2.45) is 0 Å². The lowest BCUT2D eigenvalue weighted by Crippen LogP contribution is -2.45. The maximum absolute atomic E-state index is 13.1. The molecule has 0 saturated carbocycles. The zero-order valence-corrected chi connectivity index (χ0v) is 16.9. The minimum absolute atomic E-state index is 0.259. The van der Waals surface area contributed by atoms with Gasteiger partial charge in [-0.25, -0.2) is 0 Å². The average Bonchev–Trinajstić information content (AvgIpc) is 2.66. The minimum Gasteiger partial charge on any atom is -0.489 e. The van der Waals surface area contributed by atoms with Crippen LogP contribution in [0, 0.1) is 0 Å². The van der Waals surface area contributed by atoms with Gasteiger partial charge in [-0.2, -0.15) is 0 Å². The van der Waals surface area contributed by atoms with E-state index in [9.17, 15) is 4.79 Å². The number of amides is 1. The van der Waals surface area contributed by atoms with E-state index in [0.29, 0.717) is 39.4 Å². The third-order valence-corrected chi connectivity index (χ3v) is 4.64. The predicted molar refractivity (Wildman–Crippen MR) is 117 cm³/mol. The number of carbonyl (C=O) groups is 1. The Morgan fingerprint density at radius 3 is 2.86 bits per heavy atom. The van der Waals surface area contributed by atoms with Crippen LogP contribution in [-0.4, -0.2) is 17.6 Å². The van der Waals surface area contributed by atoms with Crippen LogP contribution in [0.5, 0.6) is 5.75 Å². The maximum Gasteiger partial charge on any atom is 0.255 e. The Hall–Kier alpha value is -2.83. The number of hydrogen-bond donors (Lipinski definition) is 3. The number of halogens is 1. The van der Waals surface area contributed by atoms with Gasteiger partial charge in [-0.3, -0.25) is 4.79 Å². The van der Waals surface area contributed by atoms with Crippen molar-refractivity contribution in [2.75, 3.05) is 11.9 Å². The fourth-order valence-corrected chi connectivity index (χ4v) is 3.45. The van der Waals surface area contributed by atoms with Gasteiger partial charge in [0.15, 0.2) is 5.11 Å². The molecule has 0 saturated heterocycles. The number of anilines is 1. The van der Waals surface area contributed by atoms with E-state index in [1.165, 1.54) is 0 Å². The van der Waals surface area contributed by atoms with Crippen molar-refractivity contribution < 1.29 is 9.53 Å². The first-order chi connectivity index (χ1) is 13.5. The summed E-state index contributed by atoms with van der Waals surface area (Å²) in [7, 11) is 0. The largest absolute Gasteiger partial charge is 0.489 e. The quantitative estimate of drug-likeness (QED) is 0.486. The normalized spacial score (nSPS) is 16.1. The fourth-order valence-electron chi connectivity index (χ4n) is 2.99. The summed E-state index contributed by atoms with van der Waals surface area (Å²) >= 11 is 11.3. The lowest BCUT2D eigenvalue weighted by Gasteiger charge is -2.31. The highest BCUT2D eigenvalue weighted by Gasteiger charge is 2.31. The SMILES string of the molecule is C=CCOc1ccccc1[C@H]1NC(=S)NC(C)=C1C(=O)Nc1cccc(Cl)c1. The molecular formula is C21H20ClN3O2S. The Labute approximate surface area is 174 Å². The topological polar surface area (TPSA) is 62.4 Å². The summed E-state index contributed by atoms with van der Waals surface area (Å²) < 4.78 is 5.78. The first-order valence-corrected chi connectivity index (χ1v) is 9.46. The average molecular weight is 414 g/mol. The van der Waals surface area contributed by atoms with Gasteiger partial charge in [0.25, 0.3) is 5.91 Å². The lowest BCUT2D eigenvalue weighted by molar-refractivity contribution is -0.113. The first-order valence-electron chi connectivity index (χ1n) is 8.67. The van der Waals surface area contributed by atoms with Crippen molar-refractivity contribution in [3.05, 3.63) is 83.0 Å². The molecule has 0 bridgehead atoms. The van der Waals surface area contributed by atoms with Crippen LogP contribution in [0.4, 0.5) is 5.69 Å². The van der Waals surface area contributed by atoms with Gasteiger partial charge in [-0.15, -0.1) is 0 Å². The Balaban J connectivity index is 1.97. The number of allylic oxidation sites excluding steroid dienone is 1. The summed E-state index contributed by atoms with van der Waals surface area (Å²) in [5, 5.41) is 10.1. The summed E-state index contributed by atoms with van der Waals surface area (Å²) in [5.41, 5.74) is 2.61. The summed E-state index contributed by atoms with van der Waals surface area (Å²) in [5.74, 6) is 0.399. The van der Waals surface area contributed by atoms with E-state index in [1.807, 2.05) is 31.2 Å². The van der Waals surface area contributed by atoms with Crippen LogP contribution in [0.25, 0.3) is 0 Å². The molecule has 1 amide bonds. The Bertz CT molecular complexity index is 958. The van der Waals surface area contributed by atoms with Gasteiger partial charge in [0.2, 0.25) is 0 Å². The van der Waals surface area contributed by atoms with E-state index in [2.05, 4.69) is 22.5 Å². The fraction of sp³-hybridized carbons (Fsp3) is 0.143. The molecule has 5 nitrogen and oxygen atoms in total. The Morgan fingerprint density at radius 1 is 1.32 bits per heavy atom. The molecule has 0 spiro atoms. The highest BCUT2D eigenvalue weighted by atomic mass is 35.5. The van der Waals surface area contributed by atoms with E-state index in [-0.39, 0.29) is 5.91 Å². The highest BCUT2D eigenvalue weighted by Crippen LogP contribution is 2.33. The monoisotopic (exact) mass is 413 g/mol. The molecule has 1 aliphatic rings. The van der Waals surface area contributed by atoms with Crippen LogP contribution in [0.2, 0.25) is 5.02 Å². The van der Waals surface area contributed by atoms with E-state index >= 15 is 0 Å². The van der Waals surface area contributed by atoms with Gasteiger partial charge in [0, 0.05) is 22.0 Å². The van der Waals surface area contributed by atoms with Crippen LogP contribution in [-0.2, 0) is 4.79 Å². The summed E-state index contributed by atoms with van der Waals surface area (Å²) in [6.45, 7) is 5.86. The van der Waals surface area contributed by atoms with E-state index in [0.717, 1.165) is 5.56 Å².